The second-order valence-electron chi connectivity index (χ2n) is 9.56. The first-order valence-corrected chi connectivity index (χ1v) is 12.9. The maximum absolute atomic E-state index is 12.4. The molecule has 0 N–H and O–H groups in total. The highest BCUT2D eigenvalue weighted by atomic mass is 16.5. The van der Waals surface area contributed by atoms with Gasteiger partial charge < -0.3 is 18.3 Å². The number of rotatable bonds is 6. The SMILES string of the molecule is O=c1cc(COc2cccc(OCc3cc(=O)oc4c3ccc3ccccc34)c2)c2ccc3ccccc3c2o1. The van der Waals surface area contributed by atoms with Crippen molar-refractivity contribution in [1.82, 2.24) is 0 Å². The highest BCUT2D eigenvalue weighted by molar-refractivity contribution is 6.05. The Hall–Kier alpha value is -5.36. The van der Waals surface area contributed by atoms with Crippen LogP contribution in [0.2, 0.25) is 0 Å². The van der Waals surface area contributed by atoms with Crippen LogP contribution < -0.4 is 20.7 Å². The van der Waals surface area contributed by atoms with Crippen LogP contribution in [0.5, 0.6) is 11.5 Å². The molecule has 2 heterocycles. The van der Waals surface area contributed by atoms with Crippen LogP contribution in [0.3, 0.4) is 0 Å². The molecule has 0 bridgehead atoms. The Morgan fingerprint density at radius 3 is 1.45 bits per heavy atom. The molecule has 194 valence electrons. The summed E-state index contributed by atoms with van der Waals surface area (Å²) in [6, 6.07) is 33.7. The van der Waals surface area contributed by atoms with E-state index in [9.17, 15) is 9.59 Å². The Labute approximate surface area is 227 Å². The summed E-state index contributed by atoms with van der Waals surface area (Å²) in [7, 11) is 0. The minimum absolute atomic E-state index is 0.182. The van der Waals surface area contributed by atoms with Gasteiger partial charge in [0.25, 0.3) is 0 Å². The van der Waals surface area contributed by atoms with E-state index < -0.39 is 11.3 Å². The Bertz CT molecular complexity index is 2020. The van der Waals surface area contributed by atoms with Crippen LogP contribution in [0.15, 0.2) is 128 Å². The first-order chi connectivity index (χ1) is 19.6. The summed E-state index contributed by atoms with van der Waals surface area (Å²) < 4.78 is 23.3. The first-order valence-electron chi connectivity index (χ1n) is 12.9. The lowest BCUT2D eigenvalue weighted by Crippen LogP contribution is -2.05. The normalized spacial score (nSPS) is 11.4. The molecular formula is C34H22O6. The summed E-state index contributed by atoms with van der Waals surface area (Å²) in [5, 5.41) is 5.41. The van der Waals surface area contributed by atoms with Crippen LogP contribution in [0.1, 0.15) is 11.1 Å². The molecule has 0 aliphatic heterocycles. The molecule has 0 aliphatic carbocycles. The van der Waals surface area contributed by atoms with Crippen molar-refractivity contribution >= 4 is 43.5 Å². The molecule has 6 nitrogen and oxygen atoms in total. The molecule has 0 saturated carbocycles. The van der Waals surface area contributed by atoms with E-state index in [1.807, 2.05) is 91.0 Å². The number of hydrogen-bond donors (Lipinski definition) is 0. The van der Waals surface area contributed by atoms with Crippen LogP contribution in [0.25, 0.3) is 43.5 Å². The molecule has 0 aliphatic rings. The Balaban J connectivity index is 1.14. The summed E-state index contributed by atoms with van der Waals surface area (Å²) in [5.41, 5.74) is 1.72. The first kappa shape index (κ1) is 23.7. The topological polar surface area (TPSA) is 78.9 Å². The molecule has 7 rings (SSSR count). The molecule has 0 atom stereocenters. The van der Waals surface area contributed by atoms with Gasteiger partial charge >= 0.3 is 11.3 Å². The van der Waals surface area contributed by atoms with Gasteiger partial charge in [0.05, 0.1) is 0 Å². The summed E-state index contributed by atoms with van der Waals surface area (Å²) in [4.78, 5) is 24.7. The van der Waals surface area contributed by atoms with Gasteiger partial charge in [-0.1, -0.05) is 78.9 Å². The lowest BCUT2D eigenvalue weighted by Gasteiger charge is -2.12. The van der Waals surface area contributed by atoms with Crippen molar-refractivity contribution in [1.29, 1.82) is 0 Å². The summed E-state index contributed by atoms with van der Waals surface area (Å²) in [5.74, 6) is 1.17. The lowest BCUT2D eigenvalue weighted by molar-refractivity contribution is 0.290. The van der Waals surface area contributed by atoms with Gasteiger partial charge in [0.2, 0.25) is 0 Å². The molecule has 6 heteroatoms. The van der Waals surface area contributed by atoms with Gasteiger partial charge in [-0.3, -0.25) is 0 Å². The monoisotopic (exact) mass is 526 g/mol. The lowest BCUT2D eigenvalue weighted by atomic mass is 10.0. The Kier molecular flexibility index (Phi) is 5.78. The fourth-order valence-corrected chi connectivity index (χ4v) is 5.13. The molecule has 7 aromatic rings. The van der Waals surface area contributed by atoms with Crippen molar-refractivity contribution < 1.29 is 18.3 Å². The highest BCUT2D eigenvalue weighted by Gasteiger charge is 2.12. The molecule has 0 saturated heterocycles. The third-order valence-electron chi connectivity index (χ3n) is 7.03. The standard InChI is InChI=1S/C34H22O6/c35-31-16-23(29-14-12-21-6-1-3-10-27(21)33(29)39-31)19-37-25-8-5-9-26(18-25)38-20-24-17-32(36)40-34-28-11-4-2-7-22(28)13-15-30(24)34/h1-18H,19-20H2. The van der Waals surface area contributed by atoms with Gasteiger partial charge in [-0.2, -0.15) is 0 Å². The van der Waals surface area contributed by atoms with E-state index in [0.29, 0.717) is 22.7 Å². The van der Waals surface area contributed by atoms with Gasteiger partial charge in [-0.15, -0.1) is 0 Å². The van der Waals surface area contributed by atoms with Crippen molar-refractivity contribution in [2.24, 2.45) is 0 Å². The van der Waals surface area contributed by atoms with Crippen LogP contribution in [0.4, 0.5) is 0 Å². The molecular weight excluding hydrogens is 504 g/mol. The van der Waals surface area contributed by atoms with Gasteiger partial charge in [0.1, 0.15) is 35.9 Å². The van der Waals surface area contributed by atoms with Gasteiger partial charge in [-0.25, -0.2) is 9.59 Å². The van der Waals surface area contributed by atoms with E-state index in [1.165, 1.54) is 12.1 Å². The molecule has 0 unspecified atom stereocenters. The predicted octanol–water partition coefficient (Wildman–Crippen LogP) is 7.36. The van der Waals surface area contributed by atoms with Crippen LogP contribution >= 0.6 is 0 Å². The summed E-state index contributed by atoms with van der Waals surface area (Å²) in [6.07, 6.45) is 0. The van der Waals surface area contributed by atoms with Gasteiger partial charge in [-0.05, 0) is 22.9 Å². The molecule has 0 spiro atoms. The van der Waals surface area contributed by atoms with Crippen molar-refractivity contribution in [3.63, 3.8) is 0 Å². The third-order valence-corrected chi connectivity index (χ3v) is 7.03. The van der Waals surface area contributed by atoms with Crippen LogP contribution in [0, 0.1) is 0 Å². The Morgan fingerprint density at radius 2 is 0.950 bits per heavy atom. The zero-order chi connectivity index (χ0) is 27.1. The predicted molar refractivity (Wildman–Crippen MR) is 155 cm³/mol. The molecule has 0 amide bonds. The Morgan fingerprint density at radius 1 is 0.475 bits per heavy atom. The fourth-order valence-electron chi connectivity index (χ4n) is 5.13. The maximum Gasteiger partial charge on any atom is 0.336 e. The molecule has 0 radical (unpaired) electrons. The summed E-state index contributed by atoms with van der Waals surface area (Å²) in [6.45, 7) is 0.364. The number of ether oxygens (including phenoxy) is 2. The quantitative estimate of drug-likeness (QED) is 0.166. The van der Waals surface area contributed by atoms with E-state index in [4.69, 9.17) is 18.3 Å². The van der Waals surface area contributed by atoms with Gasteiger partial charge in [0, 0.05) is 50.9 Å². The van der Waals surface area contributed by atoms with E-state index >= 15 is 0 Å². The largest absolute Gasteiger partial charge is 0.489 e. The number of benzene rings is 5. The van der Waals surface area contributed by atoms with E-state index in [0.717, 1.165) is 43.4 Å². The third kappa shape index (κ3) is 4.35. The van der Waals surface area contributed by atoms with Crippen LogP contribution in [-0.4, -0.2) is 0 Å². The van der Waals surface area contributed by atoms with Crippen molar-refractivity contribution in [2.45, 2.75) is 13.2 Å². The number of fused-ring (bicyclic) bond motifs is 6. The summed E-state index contributed by atoms with van der Waals surface area (Å²) >= 11 is 0. The van der Waals surface area contributed by atoms with Crippen LogP contribution in [-0.2, 0) is 13.2 Å². The van der Waals surface area contributed by atoms with Crippen molar-refractivity contribution in [2.75, 3.05) is 0 Å². The molecule has 0 fully saturated rings. The zero-order valence-corrected chi connectivity index (χ0v) is 21.3. The van der Waals surface area contributed by atoms with E-state index in [2.05, 4.69) is 0 Å². The zero-order valence-electron chi connectivity index (χ0n) is 21.3. The average molecular weight is 527 g/mol. The van der Waals surface area contributed by atoms with Gasteiger partial charge in [0.15, 0.2) is 0 Å². The van der Waals surface area contributed by atoms with Crippen molar-refractivity contribution in [3.05, 3.63) is 141 Å². The highest BCUT2D eigenvalue weighted by Crippen LogP contribution is 2.29. The second-order valence-corrected chi connectivity index (χ2v) is 9.56. The smallest absolute Gasteiger partial charge is 0.336 e. The minimum Gasteiger partial charge on any atom is -0.489 e. The maximum atomic E-state index is 12.4. The second kappa shape index (κ2) is 9.75. The molecule has 5 aromatic carbocycles. The van der Waals surface area contributed by atoms with Crippen molar-refractivity contribution in [3.8, 4) is 11.5 Å². The average Bonchev–Trinajstić information content (AvgIpc) is 2.98. The fraction of sp³-hybridized carbons (Fsp3) is 0.0588. The molecule has 40 heavy (non-hydrogen) atoms. The number of hydrogen-bond acceptors (Lipinski definition) is 6. The minimum atomic E-state index is -0.424. The van der Waals surface area contributed by atoms with E-state index in [1.54, 1.807) is 6.07 Å². The molecule has 2 aromatic heterocycles. The van der Waals surface area contributed by atoms with E-state index in [-0.39, 0.29) is 13.2 Å².